The molecule has 2 atom stereocenters. The SMILES string of the molecule is COc1cc(OC)c(NS(=O)(=O)c2cc(C(=O)N3CC(C)OC(C)C3)c(Cl)cc2Cl)cc1Cl. The van der Waals surface area contributed by atoms with Crippen LogP contribution in [0.5, 0.6) is 11.5 Å². The number of sulfonamides is 1. The lowest BCUT2D eigenvalue weighted by Crippen LogP contribution is -2.48. The van der Waals surface area contributed by atoms with Gasteiger partial charge in [0.05, 0.1) is 52.7 Å². The number of carbonyl (C=O) groups excluding carboxylic acids is 1. The summed E-state index contributed by atoms with van der Waals surface area (Å²) >= 11 is 18.6. The molecule has 1 amide bonds. The van der Waals surface area contributed by atoms with Crippen molar-refractivity contribution >= 4 is 56.4 Å². The first-order valence-corrected chi connectivity index (χ1v) is 12.5. The summed E-state index contributed by atoms with van der Waals surface area (Å²) < 4.78 is 44.8. The number of nitrogens with zero attached hydrogens (tertiary/aromatic N) is 1. The van der Waals surface area contributed by atoms with Gasteiger partial charge in [0.15, 0.2) is 0 Å². The number of morpholine rings is 1. The maximum absolute atomic E-state index is 13.2. The average Bonchev–Trinajstić information content (AvgIpc) is 2.72. The molecule has 0 spiro atoms. The molecule has 2 aromatic carbocycles. The van der Waals surface area contributed by atoms with E-state index in [-0.39, 0.29) is 49.2 Å². The number of nitrogens with one attached hydrogen (secondary N) is 1. The van der Waals surface area contributed by atoms with Crippen molar-refractivity contribution in [3.05, 3.63) is 44.9 Å². The number of benzene rings is 2. The zero-order chi connectivity index (χ0) is 24.5. The van der Waals surface area contributed by atoms with Crippen LogP contribution >= 0.6 is 34.8 Å². The minimum Gasteiger partial charge on any atom is -0.495 e. The molecule has 12 heteroatoms. The number of anilines is 1. The highest BCUT2D eigenvalue weighted by atomic mass is 35.5. The average molecular weight is 538 g/mol. The predicted molar refractivity (Wildman–Crippen MR) is 128 cm³/mol. The van der Waals surface area contributed by atoms with Crippen molar-refractivity contribution in [3.63, 3.8) is 0 Å². The van der Waals surface area contributed by atoms with Crippen LogP contribution in [-0.2, 0) is 14.8 Å². The Morgan fingerprint density at radius 2 is 1.58 bits per heavy atom. The Balaban J connectivity index is 1.99. The van der Waals surface area contributed by atoms with Crippen LogP contribution in [0.1, 0.15) is 24.2 Å². The van der Waals surface area contributed by atoms with E-state index >= 15 is 0 Å². The van der Waals surface area contributed by atoms with Crippen molar-refractivity contribution in [1.82, 2.24) is 4.90 Å². The molecule has 1 aliphatic heterocycles. The molecular formula is C21H23Cl3N2O6S. The van der Waals surface area contributed by atoms with Gasteiger partial charge < -0.3 is 19.1 Å². The molecule has 180 valence electrons. The number of hydrogen-bond acceptors (Lipinski definition) is 6. The Bertz CT molecular complexity index is 1170. The number of halogens is 3. The molecule has 1 heterocycles. The molecule has 2 unspecified atom stereocenters. The molecular weight excluding hydrogens is 515 g/mol. The second kappa shape index (κ2) is 10.1. The largest absolute Gasteiger partial charge is 0.495 e. The van der Waals surface area contributed by atoms with E-state index in [1.807, 2.05) is 13.8 Å². The van der Waals surface area contributed by atoms with Gasteiger partial charge >= 0.3 is 0 Å². The summed E-state index contributed by atoms with van der Waals surface area (Å²) in [6.45, 7) is 4.41. The molecule has 3 rings (SSSR count). The topological polar surface area (TPSA) is 94.2 Å². The third-order valence-electron chi connectivity index (χ3n) is 4.97. The maximum atomic E-state index is 13.2. The van der Waals surface area contributed by atoms with Crippen LogP contribution in [0.4, 0.5) is 5.69 Å². The van der Waals surface area contributed by atoms with Gasteiger partial charge in [0.25, 0.3) is 15.9 Å². The smallest absolute Gasteiger partial charge is 0.263 e. The van der Waals surface area contributed by atoms with Gasteiger partial charge in [0, 0.05) is 19.2 Å². The Hall–Kier alpha value is -1.91. The third-order valence-corrected chi connectivity index (χ3v) is 7.40. The van der Waals surface area contributed by atoms with E-state index in [2.05, 4.69) is 4.72 Å². The number of rotatable bonds is 6. The van der Waals surface area contributed by atoms with Crippen molar-refractivity contribution in [1.29, 1.82) is 0 Å². The number of methoxy groups -OCH3 is 2. The molecule has 1 fully saturated rings. The first-order chi connectivity index (χ1) is 15.5. The first kappa shape index (κ1) is 25.7. The van der Waals surface area contributed by atoms with Gasteiger partial charge in [0.2, 0.25) is 0 Å². The van der Waals surface area contributed by atoms with Gasteiger partial charge in [-0.2, -0.15) is 0 Å². The number of carbonyl (C=O) groups is 1. The standard InChI is InChI=1S/C21H23Cl3N2O6S/c1-11-9-26(10-12(2)32-11)21(27)13-5-20(16(24)6-14(13)22)33(28,29)25-17-7-15(23)18(30-3)8-19(17)31-4/h5-8,11-12,25H,9-10H2,1-4H3. The maximum Gasteiger partial charge on any atom is 0.263 e. The highest BCUT2D eigenvalue weighted by Gasteiger charge is 2.30. The van der Waals surface area contributed by atoms with Crippen LogP contribution in [0.15, 0.2) is 29.2 Å². The molecule has 0 aromatic heterocycles. The summed E-state index contributed by atoms with van der Waals surface area (Å²) in [5.74, 6) is 0.0699. The van der Waals surface area contributed by atoms with Gasteiger partial charge in [-0.25, -0.2) is 8.42 Å². The van der Waals surface area contributed by atoms with E-state index < -0.39 is 15.9 Å². The van der Waals surface area contributed by atoms with Crippen LogP contribution in [0.2, 0.25) is 15.1 Å². The van der Waals surface area contributed by atoms with Crippen LogP contribution in [0, 0.1) is 0 Å². The normalized spacial score (nSPS) is 18.7. The van der Waals surface area contributed by atoms with Crippen molar-refractivity contribution in [3.8, 4) is 11.5 Å². The number of ether oxygens (including phenoxy) is 3. The Morgan fingerprint density at radius 3 is 2.15 bits per heavy atom. The summed E-state index contributed by atoms with van der Waals surface area (Å²) in [4.78, 5) is 14.4. The predicted octanol–water partition coefficient (Wildman–Crippen LogP) is 4.71. The van der Waals surface area contributed by atoms with E-state index in [9.17, 15) is 13.2 Å². The molecule has 2 aromatic rings. The van der Waals surface area contributed by atoms with E-state index in [0.717, 1.165) is 6.07 Å². The van der Waals surface area contributed by atoms with Gasteiger partial charge in [-0.05, 0) is 32.0 Å². The third kappa shape index (κ3) is 5.60. The van der Waals surface area contributed by atoms with Crippen LogP contribution in [0.3, 0.4) is 0 Å². The molecule has 0 aliphatic carbocycles. The highest BCUT2D eigenvalue weighted by molar-refractivity contribution is 7.92. The molecule has 33 heavy (non-hydrogen) atoms. The van der Waals surface area contributed by atoms with Gasteiger partial charge in [-0.1, -0.05) is 34.8 Å². The molecule has 1 N–H and O–H groups in total. The number of hydrogen-bond donors (Lipinski definition) is 1. The molecule has 8 nitrogen and oxygen atoms in total. The highest BCUT2D eigenvalue weighted by Crippen LogP contribution is 2.38. The van der Waals surface area contributed by atoms with Gasteiger partial charge in [-0.3, -0.25) is 9.52 Å². The summed E-state index contributed by atoms with van der Waals surface area (Å²) in [6, 6.07) is 5.19. The second-order valence-corrected chi connectivity index (χ2v) is 10.4. The van der Waals surface area contributed by atoms with E-state index in [4.69, 9.17) is 49.0 Å². The lowest BCUT2D eigenvalue weighted by atomic mass is 10.1. The Morgan fingerprint density at radius 1 is 0.970 bits per heavy atom. The molecule has 0 radical (unpaired) electrons. The van der Waals surface area contributed by atoms with Crippen LogP contribution in [0.25, 0.3) is 0 Å². The summed E-state index contributed by atoms with van der Waals surface area (Å²) in [5.41, 5.74) is 0.0838. The van der Waals surface area contributed by atoms with Gasteiger partial charge in [0.1, 0.15) is 16.4 Å². The number of amides is 1. The zero-order valence-electron chi connectivity index (χ0n) is 18.3. The molecule has 1 saturated heterocycles. The van der Waals surface area contributed by atoms with Crippen molar-refractivity contribution in [2.75, 3.05) is 32.0 Å². The van der Waals surface area contributed by atoms with Crippen molar-refractivity contribution in [2.24, 2.45) is 0 Å². The fourth-order valence-corrected chi connectivity index (χ4v) is 5.71. The lowest BCUT2D eigenvalue weighted by Gasteiger charge is -2.35. The van der Waals surface area contributed by atoms with Crippen molar-refractivity contribution < 1.29 is 27.4 Å². The summed E-state index contributed by atoms with van der Waals surface area (Å²) in [6.07, 6.45) is -0.332. The van der Waals surface area contributed by atoms with E-state index in [1.165, 1.54) is 32.4 Å². The van der Waals surface area contributed by atoms with E-state index in [0.29, 0.717) is 18.8 Å². The van der Waals surface area contributed by atoms with Crippen LogP contribution in [-0.4, -0.2) is 58.7 Å². The monoisotopic (exact) mass is 536 g/mol. The fourth-order valence-electron chi connectivity index (χ4n) is 3.55. The van der Waals surface area contributed by atoms with E-state index in [1.54, 1.807) is 4.90 Å². The van der Waals surface area contributed by atoms with Crippen molar-refractivity contribution in [2.45, 2.75) is 31.0 Å². The van der Waals surface area contributed by atoms with Gasteiger partial charge in [-0.15, -0.1) is 0 Å². The zero-order valence-corrected chi connectivity index (χ0v) is 21.4. The Kier molecular flexibility index (Phi) is 7.91. The Labute approximate surface area is 207 Å². The minimum absolute atomic E-state index is 0.0162. The lowest BCUT2D eigenvalue weighted by molar-refractivity contribution is -0.0586. The summed E-state index contributed by atoms with van der Waals surface area (Å²) in [7, 11) is -1.46. The molecule has 1 aliphatic rings. The first-order valence-electron chi connectivity index (χ1n) is 9.85. The molecule has 0 saturated carbocycles. The quantitative estimate of drug-likeness (QED) is 0.573. The minimum atomic E-state index is -4.25. The summed E-state index contributed by atoms with van der Waals surface area (Å²) in [5, 5.41) is 0.0665. The van der Waals surface area contributed by atoms with Crippen LogP contribution < -0.4 is 14.2 Å². The molecule has 0 bridgehead atoms. The second-order valence-electron chi connectivity index (χ2n) is 7.52. The fraction of sp³-hybridized carbons (Fsp3) is 0.381.